The smallest absolute Gasteiger partial charge is 0.0999 e. The summed E-state index contributed by atoms with van der Waals surface area (Å²) in [6.07, 6.45) is 1.79. The van der Waals surface area contributed by atoms with Gasteiger partial charge in [0, 0.05) is 12.6 Å². The summed E-state index contributed by atoms with van der Waals surface area (Å²) >= 11 is 0. The highest BCUT2D eigenvalue weighted by Crippen LogP contribution is 2.18. The van der Waals surface area contributed by atoms with Crippen LogP contribution in [0.1, 0.15) is 28.5 Å². The SMILES string of the molecule is Cc1ccc(CC(O)c2ccccn2)cc1C. The first-order chi connectivity index (χ1) is 8.16. The Kier molecular flexibility index (Phi) is 3.55. The lowest BCUT2D eigenvalue weighted by molar-refractivity contribution is 0.173. The van der Waals surface area contributed by atoms with E-state index in [0.29, 0.717) is 6.42 Å². The van der Waals surface area contributed by atoms with E-state index in [1.807, 2.05) is 18.2 Å². The molecule has 0 aliphatic heterocycles. The summed E-state index contributed by atoms with van der Waals surface area (Å²) in [4.78, 5) is 4.16. The van der Waals surface area contributed by atoms with Gasteiger partial charge in [0.15, 0.2) is 0 Å². The molecule has 0 aliphatic carbocycles. The molecule has 0 bridgehead atoms. The van der Waals surface area contributed by atoms with Crippen molar-refractivity contribution >= 4 is 0 Å². The van der Waals surface area contributed by atoms with E-state index in [-0.39, 0.29) is 0 Å². The average Bonchev–Trinajstić information content (AvgIpc) is 2.35. The zero-order chi connectivity index (χ0) is 12.3. The van der Waals surface area contributed by atoms with Crippen molar-refractivity contribution in [3.63, 3.8) is 0 Å². The molecule has 1 aromatic carbocycles. The van der Waals surface area contributed by atoms with Crippen molar-refractivity contribution in [3.8, 4) is 0 Å². The fraction of sp³-hybridized carbons (Fsp3) is 0.267. The van der Waals surface area contributed by atoms with Crippen LogP contribution in [0.25, 0.3) is 0 Å². The first-order valence-corrected chi connectivity index (χ1v) is 5.82. The number of hydrogen-bond acceptors (Lipinski definition) is 2. The molecule has 2 heteroatoms. The van der Waals surface area contributed by atoms with E-state index < -0.39 is 6.10 Å². The van der Waals surface area contributed by atoms with Crippen LogP contribution >= 0.6 is 0 Å². The number of benzene rings is 1. The molecule has 2 rings (SSSR count). The molecule has 0 spiro atoms. The molecule has 2 aromatic rings. The van der Waals surface area contributed by atoms with E-state index in [9.17, 15) is 5.11 Å². The highest BCUT2D eigenvalue weighted by Gasteiger charge is 2.09. The third-order valence-corrected chi connectivity index (χ3v) is 3.03. The van der Waals surface area contributed by atoms with E-state index in [0.717, 1.165) is 11.3 Å². The number of hydrogen-bond donors (Lipinski definition) is 1. The van der Waals surface area contributed by atoms with Gasteiger partial charge in [-0.2, -0.15) is 0 Å². The summed E-state index contributed by atoms with van der Waals surface area (Å²) in [6, 6.07) is 11.9. The van der Waals surface area contributed by atoms with Gasteiger partial charge in [0.1, 0.15) is 0 Å². The molecule has 0 aliphatic rings. The lowest BCUT2D eigenvalue weighted by Crippen LogP contribution is -2.04. The van der Waals surface area contributed by atoms with Crippen molar-refractivity contribution in [1.82, 2.24) is 4.98 Å². The zero-order valence-electron chi connectivity index (χ0n) is 10.2. The number of aliphatic hydroxyl groups excluding tert-OH is 1. The van der Waals surface area contributed by atoms with E-state index in [1.165, 1.54) is 11.1 Å². The molecule has 1 unspecified atom stereocenters. The Balaban J connectivity index is 2.13. The van der Waals surface area contributed by atoms with Crippen molar-refractivity contribution < 1.29 is 5.11 Å². The van der Waals surface area contributed by atoms with Gasteiger partial charge >= 0.3 is 0 Å². The number of aryl methyl sites for hydroxylation is 2. The molecule has 2 nitrogen and oxygen atoms in total. The third-order valence-electron chi connectivity index (χ3n) is 3.03. The molecule has 1 N–H and O–H groups in total. The number of nitrogens with zero attached hydrogens (tertiary/aromatic N) is 1. The minimum Gasteiger partial charge on any atom is -0.386 e. The summed E-state index contributed by atoms with van der Waals surface area (Å²) in [7, 11) is 0. The Morgan fingerprint density at radius 3 is 2.59 bits per heavy atom. The second kappa shape index (κ2) is 5.11. The maximum Gasteiger partial charge on any atom is 0.0999 e. The fourth-order valence-electron chi connectivity index (χ4n) is 1.83. The Morgan fingerprint density at radius 1 is 1.12 bits per heavy atom. The van der Waals surface area contributed by atoms with Gasteiger partial charge in [0.2, 0.25) is 0 Å². The van der Waals surface area contributed by atoms with Crippen LogP contribution < -0.4 is 0 Å². The van der Waals surface area contributed by atoms with Gasteiger partial charge in [0.05, 0.1) is 11.8 Å². The van der Waals surface area contributed by atoms with Crippen molar-refractivity contribution in [2.75, 3.05) is 0 Å². The number of rotatable bonds is 3. The molecular formula is C15H17NO. The highest BCUT2D eigenvalue weighted by atomic mass is 16.3. The predicted molar refractivity (Wildman–Crippen MR) is 68.8 cm³/mol. The molecular weight excluding hydrogens is 210 g/mol. The summed E-state index contributed by atoms with van der Waals surface area (Å²) < 4.78 is 0. The summed E-state index contributed by atoms with van der Waals surface area (Å²) in [5, 5.41) is 10.1. The standard InChI is InChI=1S/C15H17NO/c1-11-6-7-13(9-12(11)2)10-15(17)14-5-3-4-8-16-14/h3-9,15,17H,10H2,1-2H3. The maximum absolute atomic E-state index is 10.1. The molecule has 1 heterocycles. The highest BCUT2D eigenvalue weighted by molar-refractivity contribution is 5.30. The minimum atomic E-state index is -0.529. The molecule has 1 aromatic heterocycles. The van der Waals surface area contributed by atoms with Gasteiger partial charge in [-0.15, -0.1) is 0 Å². The quantitative estimate of drug-likeness (QED) is 0.874. The van der Waals surface area contributed by atoms with Gasteiger partial charge < -0.3 is 5.11 Å². The Labute approximate surface area is 102 Å². The number of aliphatic hydroxyl groups is 1. The van der Waals surface area contributed by atoms with Crippen molar-refractivity contribution in [1.29, 1.82) is 0 Å². The van der Waals surface area contributed by atoms with Gasteiger partial charge in [-0.1, -0.05) is 24.3 Å². The lowest BCUT2D eigenvalue weighted by Gasteiger charge is -2.11. The van der Waals surface area contributed by atoms with Crippen LogP contribution in [0.15, 0.2) is 42.6 Å². The van der Waals surface area contributed by atoms with Crippen LogP contribution in [0.5, 0.6) is 0 Å². The van der Waals surface area contributed by atoms with E-state index in [1.54, 1.807) is 6.20 Å². The maximum atomic E-state index is 10.1. The predicted octanol–water partition coefficient (Wildman–Crippen LogP) is 2.97. The number of aromatic nitrogens is 1. The third kappa shape index (κ3) is 2.92. The molecule has 0 amide bonds. The minimum absolute atomic E-state index is 0.529. The average molecular weight is 227 g/mol. The fourth-order valence-corrected chi connectivity index (χ4v) is 1.83. The Morgan fingerprint density at radius 2 is 1.94 bits per heavy atom. The molecule has 0 fully saturated rings. The topological polar surface area (TPSA) is 33.1 Å². The van der Waals surface area contributed by atoms with Crippen LogP contribution in [0.4, 0.5) is 0 Å². The first kappa shape index (κ1) is 11.8. The van der Waals surface area contributed by atoms with Crippen LogP contribution in [0.3, 0.4) is 0 Å². The van der Waals surface area contributed by atoms with Crippen LogP contribution in [0.2, 0.25) is 0 Å². The van der Waals surface area contributed by atoms with Gasteiger partial charge in [-0.3, -0.25) is 4.98 Å². The molecule has 17 heavy (non-hydrogen) atoms. The molecule has 1 atom stereocenters. The number of pyridine rings is 1. The summed E-state index contributed by atoms with van der Waals surface area (Å²) in [6.45, 7) is 4.18. The van der Waals surface area contributed by atoms with Crippen LogP contribution in [-0.2, 0) is 6.42 Å². The zero-order valence-corrected chi connectivity index (χ0v) is 10.2. The molecule has 0 saturated heterocycles. The second-order valence-corrected chi connectivity index (χ2v) is 4.39. The van der Waals surface area contributed by atoms with Gasteiger partial charge in [-0.25, -0.2) is 0 Å². The normalized spacial score (nSPS) is 12.4. The van der Waals surface area contributed by atoms with Gasteiger partial charge in [0.25, 0.3) is 0 Å². The molecule has 0 saturated carbocycles. The van der Waals surface area contributed by atoms with E-state index in [2.05, 4.69) is 37.0 Å². The first-order valence-electron chi connectivity index (χ1n) is 5.82. The van der Waals surface area contributed by atoms with Crippen molar-refractivity contribution in [3.05, 3.63) is 65.0 Å². The Bertz CT molecular complexity index is 494. The van der Waals surface area contributed by atoms with E-state index >= 15 is 0 Å². The second-order valence-electron chi connectivity index (χ2n) is 4.39. The monoisotopic (exact) mass is 227 g/mol. The lowest BCUT2D eigenvalue weighted by atomic mass is 10.0. The van der Waals surface area contributed by atoms with Crippen molar-refractivity contribution in [2.45, 2.75) is 26.4 Å². The van der Waals surface area contributed by atoms with Gasteiger partial charge in [-0.05, 0) is 42.7 Å². The van der Waals surface area contributed by atoms with E-state index in [4.69, 9.17) is 0 Å². The Hall–Kier alpha value is -1.67. The van der Waals surface area contributed by atoms with Crippen molar-refractivity contribution in [2.24, 2.45) is 0 Å². The summed E-state index contributed by atoms with van der Waals surface area (Å²) in [5.41, 5.74) is 4.41. The largest absolute Gasteiger partial charge is 0.386 e. The van der Waals surface area contributed by atoms with Crippen LogP contribution in [0, 0.1) is 13.8 Å². The molecule has 0 radical (unpaired) electrons. The van der Waals surface area contributed by atoms with Crippen LogP contribution in [-0.4, -0.2) is 10.1 Å². The summed E-state index contributed by atoms with van der Waals surface area (Å²) in [5.74, 6) is 0. The molecule has 88 valence electrons.